The van der Waals surface area contributed by atoms with Crippen molar-refractivity contribution in [3.8, 4) is 57.0 Å². The van der Waals surface area contributed by atoms with Gasteiger partial charge in [-0.1, -0.05) is 256 Å². The lowest BCUT2D eigenvalue weighted by molar-refractivity contribution is -0.571. The van der Waals surface area contributed by atoms with E-state index in [0.717, 1.165) is 21.9 Å². The number of imidazole rings is 1. The van der Waals surface area contributed by atoms with Crippen molar-refractivity contribution < 1.29 is 43.9 Å². The Hall–Kier alpha value is -10.9. The molecule has 4 aromatic heterocycles. The highest BCUT2D eigenvalue weighted by Crippen LogP contribution is 2.42. The van der Waals surface area contributed by atoms with Crippen LogP contribution in [0.2, 0.25) is 0 Å². The molecule has 452 valence electrons. The van der Waals surface area contributed by atoms with Gasteiger partial charge in [0, 0.05) is 33.8 Å². The number of rotatable bonds is 11. The Morgan fingerprint density at radius 1 is 0.516 bits per heavy atom. The molecule has 93 heavy (non-hydrogen) atoms. The molecule has 0 aliphatic rings. The highest BCUT2D eigenvalue weighted by Gasteiger charge is 2.42. The number of nitrogens with zero attached hydrogens (tertiary/aromatic N) is 5. The van der Waals surface area contributed by atoms with Crippen LogP contribution in [-0.2, 0) is 16.2 Å². The Balaban J connectivity index is 1.10. The highest BCUT2D eigenvalue weighted by atomic mass is 28.3. The minimum absolute atomic E-state index is 0.00222. The lowest BCUT2D eigenvalue weighted by atomic mass is 9.78. The van der Waals surface area contributed by atoms with Crippen LogP contribution in [-0.4, -0.2) is 22.2 Å². The summed E-state index contributed by atoms with van der Waals surface area (Å²) in [5.74, 6) is 1.04. The van der Waals surface area contributed by atoms with Gasteiger partial charge in [0.15, 0.2) is 8.07 Å². The summed E-state index contributed by atoms with van der Waals surface area (Å²) in [6, 6.07) is 18.1. The van der Waals surface area contributed by atoms with E-state index in [9.17, 15) is 31.3 Å². The molecule has 15 aromatic rings. The summed E-state index contributed by atoms with van der Waals surface area (Å²) in [5, 5.41) is 9.73. The van der Waals surface area contributed by atoms with Crippen LogP contribution in [0.1, 0.15) is 115 Å². The summed E-state index contributed by atoms with van der Waals surface area (Å²) in [5.41, 5.74) is 1.67. The standard InChI is InChI=1S/C85H71N5O2Si/c1-83(2,3)59-42-43-87-81(49-59)90-74-40-21-19-36-70(74)72-47-58(54-86)79(52-75(72)90)91-63-28-24-27-62(50-63)88-55-89(76-51-73-71-37-20-22-41-78(71)92-80(73)53-77(76)88)82-68(38-25-39-69(82)57-44-60(84(4,5)6)48-61(45-57)85(7,8)9)56-26-23-35-67(46-56)93(64-29-13-10-14-30-64,65-31-15-11-16-32-65)66-33-17-12-18-34-66/h10-53H,1-9H3/i10D,11D,12D,13D,14D,15D,16D,17D,18D,23D,26D,29D,30D,31D,32D,33D,34D,35D,44D,45D,46D,48D. The third-order valence-electron chi connectivity index (χ3n) is 16.9. The van der Waals surface area contributed by atoms with E-state index in [1.807, 2.05) is 94.6 Å². The molecule has 0 bridgehead atoms. The van der Waals surface area contributed by atoms with Crippen molar-refractivity contribution in [3.05, 3.63) is 295 Å². The minimum Gasteiger partial charge on any atom is -0.457 e. The normalized spacial score (nSPS) is 15.7. The monoisotopic (exact) mass is 1240 g/mol. The first-order valence-corrected chi connectivity index (χ1v) is 32.3. The maximum Gasteiger partial charge on any atom is 0.269 e. The Labute approximate surface area is 575 Å². The number of hydrogen-bond acceptors (Lipinski definition) is 4. The van der Waals surface area contributed by atoms with E-state index >= 15 is 0 Å². The number of furan rings is 1. The van der Waals surface area contributed by atoms with Crippen LogP contribution in [0.15, 0.2) is 271 Å². The molecule has 0 spiro atoms. The van der Waals surface area contributed by atoms with Gasteiger partial charge in [0.05, 0.1) is 69.2 Å². The van der Waals surface area contributed by atoms with Crippen LogP contribution < -0.4 is 30.1 Å². The quantitative estimate of drug-likeness (QED) is 0.0560. The molecule has 0 unspecified atom stereocenters. The van der Waals surface area contributed by atoms with E-state index in [1.165, 1.54) is 12.1 Å². The average molecular weight is 1240 g/mol. The van der Waals surface area contributed by atoms with E-state index in [-0.39, 0.29) is 79.6 Å². The summed E-state index contributed by atoms with van der Waals surface area (Å²) < 4.78 is 234. The molecule has 0 N–H and O–H groups in total. The second kappa shape index (κ2) is 22.5. The van der Waals surface area contributed by atoms with Gasteiger partial charge >= 0.3 is 0 Å². The first kappa shape index (κ1) is 38.8. The summed E-state index contributed by atoms with van der Waals surface area (Å²) in [7, 11) is -6.43. The van der Waals surface area contributed by atoms with Gasteiger partial charge in [0.2, 0.25) is 0 Å². The molecule has 0 saturated carbocycles. The summed E-state index contributed by atoms with van der Waals surface area (Å²) >= 11 is 0. The number of nitriles is 1. The molecule has 0 aliphatic heterocycles. The molecule has 4 heterocycles. The molecule has 7 nitrogen and oxygen atoms in total. The van der Waals surface area contributed by atoms with Crippen molar-refractivity contribution in [3.63, 3.8) is 0 Å². The van der Waals surface area contributed by atoms with Gasteiger partial charge < -0.3 is 9.15 Å². The molecule has 0 aliphatic carbocycles. The van der Waals surface area contributed by atoms with Crippen LogP contribution in [0.3, 0.4) is 0 Å². The van der Waals surface area contributed by atoms with Gasteiger partial charge in [0.1, 0.15) is 34.6 Å². The van der Waals surface area contributed by atoms with Crippen molar-refractivity contribution >= 4 is 83.6 Å². The number of aromatic nitrogens is 4. The lowest BCUT2D eigenvalue weighted by Gasteiger charge is -2.34. The fraction of sp³-hybridized carbons (Fsp3) is 0.141. The molecule has 15 rings (SSSR count). The highest BCUT2D eigenvalue weighted by molar-refractivity contribution is 7.19. The maximum absolute atomic E-state index is 11.2. The maximum atomic E-state index is 11.2. The smallest absolute Gasteiger partial charge is 0.269 e. The molecule has 0 fully saturated rings. The van der Waals surface area contributed by atoms with E-state index in [4.69, 9.17) is 18.3 Å². The Kier molecular flexibility index (Phi) is 9.38. The molecule has 8 heteroatoms. The lowest BCUT2D eigenvalue weighted by Crippen LogP contribution is -2.74. The zero-order chi connectivity index (χ0) is 83.1. The third kappa shape index (κ3) is 10.2. The molecule has 0 amide bonds. The number of para-hydroxylation sites is 3. The molecule has 0 saturated heterocycles. The number of pyridine rings is 1. The predicted octanol–water partition coefficient (Wildman–Crippen LogP) is 18.4. The number of ether oxygens (including phenoxy) is 1. The Morgan fingerprint density at radius 3 is 1.78 bits per heavy atom. The topological polar surface area (TPSA) is 72.8 Å². The number of benzene rings is 11. The zero-order valence-corrected chi connectivity index (χ0v) is 53.3. The van der Waals surface area contributed by atoms with Crippen LogP contribution >= 0.6 is 0 Å². The largest absolute Gasteiger partial charge is 0.457 e. The second-order valence-corrected chi connectivity index (χ2v) is 29.5. The summed E-state index contributed by atoms with van der Waals surface area (Å²) in [6.07, 6.45) is 5.33. The van der Waals surface area contributed by atoms with Gasteiger partial charge in [-0.15, -0.1) is 0 Å². The summed E-state index contributed by atoms with van der Waals surface area (Å²) in [6.45, 7) is 17.3. The van der Waals surface area contributed by atoms with Crippen LogP contribution in [0.25, 0.3) is 94.2 Å². The molecule has 0 atom stereocenters. The van der Waals surface area contributed by atoms with Crippen LogP contribution in [0.4, 0.5) is 0 Å². The van der Waals surface area contributed by atoms with Crippen molar-refractivity contribution in [2.45, 2.75) is 78.6 Å². The van der Waals surface area contributed by atoms with Gasteiger partial charge in [0.25, 0.3) is 6.33 Å². The Morgan fingerprint density at radius 2 is 1.13 bits per heavy atom. The second-order valence-electron chi connectivity index (χ2n) is 26.0. The number of hydrogen-bond donors (Lipinski definition) is 0. The van der Waals surface area contributed by atoms with Gasteiger partial charge in [-0.25, -0.2) is 4.98 Å². The fourth-order valence-corrected chi connectivity index (χ4v) is 15.7. The van der Waals surface area contributed by atoms with Crippen molar-refractivity contribution in [2.75, 3.05) is 0 Å². The SMILES string of the molecule is [2H]c1c([2H])c([2H])c([Si](c2c([2H])c([2H])c([2H])c([2H])c2[2H])(c2c([2H])c([2H])c([2H])c([2H])c2[2H])c2c([2H])c([2H])c([2H])c(-c3cccc(-c4c([2H])c(C(C)(C)C)c([2H])c(C(C)(C)C)c4[2H])c3-[n+]3[c-]n(-c4cccc(Oc5cc6c(cc5C#N)c5ccccc5n6-c5cc(C(C)(C)C)ccn5)c4)c4cc5oc6ccccc6c5cc43)c2[2H])c([2H])c1[2H]. The molecular formula is C85H71N5O2Si. The van der Waals surface area contributed by atoms with Crippen LogP contribution in [0.5, 0.6) is 11.5 Å². The van der Waals surface area contributed by atoms with E-state index in [0.29, 0.717) is 44.5 Å². The molecule has 11 aromatic carbocycles. The van der Waals surface area contributed by atoms with Crippen LogP contribution in [0, 0.1) is 17.7 Å². The first-order valence-electron chi connectivity index (χ1n) is 41.3. The zero-order valence-electron chi connectivity index (χ0n) is 74.3. The van der Waals surface area contributed by atoms with E-state index < -0.39 is 160 Å². The fourth-order valence-electron chi connectivity index (χ4n) is 12.2. The van der Waals surface area contributed by atoms with E-state index in [2.05, 4.69) is 33.2 Å². The van der Waals surface area contributed by atoms with Crippen molar-refractivity contribution in [2.24, 2.45) is 0 Å². The third-order valence-corrected chi connectivity index (χ3v) is 20.9. The predicted molar refractivity (Wildman–Crippen MR) is 385 cm³/mol. The Bertz CT molecular complexity index is 6540. The van der Waals surface area contributed by atoms with Gasteiger partial charge in [-0.05, 0) is 137 Å². The van der Waals surface area contributed by atoms with Crippen molar-refractivity contribution in [1.82, 2.24) is 14.1 Å². The molecular weight excluding hydrogens is 1150 g/mol. The van der Waals surface area contributed by atoms with E-state index in [1.54, 1.807) is 82.1 Å². The average Bonchev–Trinajstić information content (AvgIpc) is 1.36. The number of fused-ring (bicyclic) bond motifs is 7. The van der Waals surface area contributed by atoms with Crippen molar-refractivity contribution in [1.29, 1.82) is 5.26 Å². The minimum atomic E-state index is -6.43. The first-order chi connectivity index (χ1) is 54.1. The molecule has 0 radical (unpaired) electrons. The summed E-state index contributed by atoms with van der Waals surface area (Å²) in [4.78, 5) is 4.86. The van der Waals surface area contributed by atoms with Gasteiger partial charge in [-0.2, -0.15) is 5.26 Å². The van der Waals surface area contributed by atoms with Gasteiger partial charge in [-0.3, -0.25) is 13.7 Å².